The first kappa shape index (κ1) is 10.4. The summed E-state index contributed by atoms with van der Waals surface area (Å²) in [5.74, 6) is 0. The minimum absolute atomic E-state index is 0.138. The molecule has 0 saturated heterocycles. The predicted octanol–water partition coefficient (Wildman–Crippen LogP) is 2.12. The molecule has 0 radical (unpaired) electrons. The number of pyridine rings is 1. The molecule has 1 N–H and O–H groups in total. The lowest BCUT2D eigenvalue weighted by Crippen LogP contribution is -2.16. The van der Waals surface area contributed by atoms with E-state index in [9.17, 15) is 13.2 Å². The largest absolute Gasteiger partial charge is 0.416 e. The first-order valence-electron chi connectivity index (χ1n) is 4.62. The van der Waals surface area contributed by atoms with E-state index in [1.807, 2.05) is 0 Å². The highest BCUT2D eigenvalue weighted by molar-refractivity contribution is 5.29. The number of rotatable bonds is 2. The lowest BCUT2D eigenvalue weighted by atomic mass is 10.0. The maximum absolute atomic E-state index is 12.4. The maximum atomic E-state index is 12.4. The zero-order chi connectivity index (χ0) is 11.1. The molecule has 2 nitrogen and oxygen atoms in total. The zero-order valence-electron chi connectivity index (χ0n) is 7.88. The van der Waals surface area contributed by atoms with E-state index in [1.165, 1.54) is 0 Å². The third-order valence-corrected chi connectivity index (χ3v) is 2.79. The number of hydrogen-bond acceptors (Lipinski definition) is 2. The number of aliphatic hydroxyl groups is 1. The number of aliphatic hydroxyl groups excluding tert-OH is 1. The second-order valence-electron chi connectivity index (χ2n) is 3.87. The van der Waals surface area contributed by atoms with Gasteiger partial charge in [-0.1, -0.05) is 0 Å². The normalized spacial score (nSPS) is 18.9. The molecule has 0 unspecified atom stereocenters. The number of alkyl halides is 3. The Morgan fingerprint density at radius 1 is 1.40 bits per heavy atom. The Morgan fingerprint density at radius 2 is 2.07 bits per heavy atom. The highest BCUT2D eigenvalue weighted by Gasteiger charge is 2.46. The Hall–Kier alpha value is -1.10. The Bertz CT molecular complexity index is 371. The molecule has 1 aromatic heterocycles. The van der Waals surface area contributed by atoms with Gasteiger partial charge in [0.15, 0.2) is 0 Å². The molecule has 1 aromatic rings. The molecular formula is C10H10F3NO. The quantitative estimate of drug-likeness (QED) is 0.823. The van der Waals surface area contributed by atoms with Crippen LogP contribution in [0.1, 0.15) is 24.1 Å². The molecule has 0 aliphatic heterocycles. The molecule has 82 valence electrons. The Morgan fingerprint density at radius 3 is 2.53 bits per heavy atom. The third-order valence-electron chi connectivity index (χ3n) is 2.79. The molecule has 1 saturated carbocycles. The fourth-order valence-electron chi connectivity index (χ4n) is 1.54. The molecule has 5 heteroatoms. The van der Waals surface area contributed by atoms with Crippen molar-refractivity contribution in [1.82, 2.24) is 4.98 Å². The van der Waals surface area contributed by atoms with Crippen molar-refractivity contribution in [1.29, 1.82) is 0 Å². The smallest absolute Gasteiger partial charge is 0.395 e. The van der Waals surface area contributed by atoms with Crippen molar-refractivity contribution < 1.29 is 18.3 Å². The lowest BCUT2D eigenvalue weighted by Gasteiger charge is -2.13. The molecule has 0 spiro atoms. The third kappa shape index (κ3) is 1.84. The average molecular weight is 217 g/mol. The van der Waals surface area contributed by atoms with Crippen LogP contribution in [0.25, 0.3) is 0 Å². The highest BCUT2D eigenvalue weighted by atomic mass is 19.4. The van der Waals surface area contributed by atoms with E-state index in [1.54, 1.807) is 0 Å². The van der Waals surface area contributed by atoms with Gasteiger partial charge in [0.25, 0.3) is 0 Å². The van der Waals surface area contributed by atoms with E-state index < -0.39 is 17.2 Å². The van der Waals surface area contributed by atoms with Gasteiger partial charge in [0.05, 0.1) is 12.2 Å². The Balaban J connectivity index is 2.35. The fourth-order valence-corrected chi connectivity index (χ4v) is 1.54. The molecule has 15 heavy (non-hydrogen) atoms. The number of halogens is 3. The molecule has 0 atom stereocenters. The molecule has 1 aliphatic rings. The summed E-state index contributed by atoms with van der Waals surface area (Å²) < 4.78 is 37.2. The lowest BCUT2D eigenvalue weighted by molar-refractivity contribution is -0.137. The molecule has 1 aliphatic carbocycles. The van der Waals surface area contributed by atoms with Crippen LogP contribution in [-0.4, -0.2) is 16.7 Å². The summed E-state index contributed by atoms with van der Waals surface area (Å²) in [6, 6.07) is 1.97. The van der Waals surface area contributed by atoms with Crippen LogP contribution in [0.4, 0.5) is 13.2 Å². The van der Waals surface area contributed by atoms with Crippen molar-refractivity contribution in [3.05, 3.63) is 29.6 Å². The summed E-state index contributed by atoms with van der Waals surface area (Å²) in [5.41, 5.74) is -0.867. The van der Waals surface area contributed by atoms with Crippen LogP contribution in [0.3, 0.4) is 0 Å². The summed E-state index contributed by atoms with van der Waals surface area (Å²) in [4.78, 5) is 3.90. The molecular weight excluding hydrogens is 207 g/mol. The second-order valence-corrected chi connectivity index (χ2v) is 3.87. The van der Waals surface area contributed by atoms with Gasteiger partial charge >= 0.3 is 6.18 Å². The predicted molar refractivity (Wildman–Crippen MR) is 47.2 cm³/mol. The van der Waals surface area contributed by atoms with Crippen molar-refractivity contribution in [2.24, 2.45) is 0 Å². The van der Waals surface area contributed by atoms with E-state index in [2.05, 4.69) is 4.98 Å². The van der Waals surface area contributed by atoms with Crippen LogP contribution in [0.2, 0.25) is 0 Å². The van der Waals surface area contributed by atoms with E-state index in [0.29, 0.717) is 18.5 Å². The van der Waals surface area contributed by atoms with Gasteiger partial charge in [-0.3, -0.25) is 4.98 Å². The van der Waals surface area contributed by atoms with Gasteiger partial charge in [-0.05, 0) is 25.0 Å². The summed E-state index contributed by atoms with van der Waals surface area (Å²) >= 11 is 0. The summed E-state index contributed by atoms with van der Waals surface area (Å²) in [6.07, 6.45) is -1.78. The topological polar surface area (TPSA) is 33.1 Å². The van der Waals surface area contributed by atoms with Crippen molar-refractivity contribution in [2.45, 2.75) is 24.4 Å². The molecule has 1 heterocycles. The van der Waals surface area contributed by atoms with E-state index in [4.69, 9.17) is 5.11 Å². The number of hydrogen-bond donors (Lipinski definition) is 1. The van der Waals surface area contributed by atoms with Gasteiger partial charge < -0.3 is 5.11 Å². The SMILES string of the molecule is OCC1(c2cc(C(F)(F)F)ccn2)CC1. The van der Waals surface area contributed by atoms with E-state index in [0.717, 1.165) is 18.3 Å². The minimum Gasteiger partial charge on any atom is -0.395 e. The van der Waals surface area contributed by atoms with Gasteiger partial charge in [-0.15, -0.1) is 0 Å². The van der Waals surface area contributed by atoms with Gasteiger partial charge in [0, 0.05) is 17.3 Å². The van der Waals surface area contributed by atoms with Crippen LogP contribution < -0.4 is 0 Å². The summed E-state index contributed by atoms with van der Waals surface area (Å²) in [6.45, 7) is -0.138. The standard InChI is InChI=1S/C10H10F3NO/c11-10(12,13)7-1-4-14-8(5-7)9(6-15)2-3-9/h1,4-5,15H,2-3,6H2. The molecule has 0 aromatic carbocycles. The number of aromatic nitrogens is 1. The molecule has 1 fully saturated rings. The minimum atomic E-state index is -4.34. The highest BCUT2D eigenvalue weighted by Crippen LogP contribution is 2.47. The summed E-state index contributed by atoms with van der Waals surface area (Å²) in [7, 11) is 0. The molecule has 2 rings (SSSR count). The van der Waals surface area contributed by atoms with Crippen molar-refractivity contribution in [3.8, 4) is 0 Å². The first-order valence-corrected chi connectivity index (χ1v) is 4.62. The van der Waals surface area contributed by atoms with Crippen LogP contribution in [0.15, 0.2) is 18.3 Å². The second kappa shape index (κ2) is 3.20. The molecule has 0 bridgehead atoms. The van der Waals surface area contributed by atoms with Crippen molar-refractivity contribution in [3.63, 3.8) is 0 Å². The van der Waals surface area contributed by atoms with Crippen molar-refractivity contribution in [2.75, 3.05) is 6.61 Å². The van der Waals surface area contributed by atoms with Gasteiger partial charge in [-0.25, -0.2) is 0 Å². The zero-order valence-corrected chi connectivity index (χ0v) is 7.88. The Kier molecular flexibility index (Phi) is 2.22. The summed E-state index contributed by atoms with van der Waals surface area (Å²) in [5, 5.41) is 9.08. The monoisotopic (exact) mass is 217 g/mol. The van der Waals surface area contributed by atoms with E-state index >= 15 is 0 Å². The Labute approximate surface area is 84.8 Å². The van der Waals surface area contributed by atoms with E-state index in [-0.39, 0.29) is 6.61 Å². The van der Waals surface area contributed by atoms with Crippen LogP contribution >= 0.6 is 0 Å². The number of nitrogens with zero attached hydrogens (tertiary/aromatic N) is 1. The first-order chi connectivity index (χ1) is 6.98. The fraction of sp³-hybridized carbons (Fsp3) is 0.500. The van der Waals surface area contributed by atoms with Crippen LogP contribution in [-0.2, 0) is 11.6 Å². The van der Waals surface area contributed by atoms with Crippen molar-refractivity contribution >= 4 is 0 Å². The van der Waals surface area contributed by atoms with Crippen LogP contribution in [0.5, 0.6) is 0 Å². The van der Waals surface area contributed by atoms with Gasteiger partial charge in [0.1, 0.15) is 0 Å². The van der Waals surface area contributed by atoms with Gasteiger partial charge in [0.2, 0.25) is 0 Å². The molecule has 0 amide bonds. The average Bonchev–Trinajstić information content (AvgIpc) is 2.97. The maximum Gasteiger partial charge on any atom is 0.416 e. The van der Waals surface area contributed by atoms with Gasteiger partial charge in [-0.2, -0.15) is 13.2 Å². The van der Waals surface area contributed by atoms with Crippen LogP contribution in [0, 0.1) is 0 Å².